The standard InChI is InChI=1S/C22H38N2O3S.C2H6/c1-18(27-28(6,7)22(2,3)4)20(21(25)26-5)24-15-13-23(14-16-24)17-19-11-9-8-10-12-19;1-2/h8-12,18,20H,13-17H2,1-7H3;1-2H3/t18-,20+;/m1./s1. The minimum Gasteiger partial charge on any atom is -0.468 e. The Bertz CT molecular complexity index is 623. The lowest BCUT2D eigenvalue weighted by Crippen LogP contribution is -2.56. The van der Waals surface area contributed by atoms with Gasteiger partial charge in [-0.2, -0.15) is 0 Å². The van der Waals surface area contributed by atoms with E-state index in [1.54, 1.807) is 0 Å². The van der Waals surface area contributed by atoms with Gasteiger partial charge in [0.05, 0.1) is 13.2 Å². The molecule has 174 valence electrons. The van der Waals surface area contributed by atoms with Crippen molar-refractivity contribution in [3.05, 3.63) is 35.9 Å². The molecule has 0 amide bonds. The van der Waals surface area contributed by atoms with Crippen LogP contribution >= 0.6 is 10.3 Å². The molecule has 0 bridgehead atoms. The number of esters is 1. The van der Waals surface area contributed by atoms with Gasteiger partial charge in [0.15, 0.2) is 0 Å². The minimum atomic E-state index is -1.32. The van der Waals surface area contributed by atoms with E-state index in [1.165, 1.54) is 12.7 Å². The van der Waals surface area contributed by atoms with Gasteiger partial charge in [-0.05, 0) is 25.0 Å². The maximum Gasteiger partial charge on any atom is 0.325 e. The molecule has 0 aromatic heterocycles. The average Bonchev–Trinajstić information content (AvgIpc) is 2.70. The summed E-state index contributed by atoms with van der Waals surface area (Å²) in [5.74, 6) is -0.201. The summed E-state index contributed by atoms with van der Waals surface area (Å²) in [6, 6.07) is 10.2. The number of benzene rings is 1. The summed E-state index contributed by atoms with van der Waals surface area (Å²) in [5.41, 5.74) is 1.33. The highest BCUT2D eigenvalue weighted by Crippen LogP contribution is 2.54. The van der Waals surface area contributed by atoms with Crippen molar-refractivity contribution in [1.29, 1.82) is 0 Å². The van der Waals surface area contributed by atoms with E-state index >= 15 is 0 Å². The number of methoxy groups -OCH3 is 1. The second-order valence-corrected chi connectivity index (χ2v) is 12.8. The third-order valence-electron chi connectivity index (χ3n) is 5.80. The molecule has 5 nitrogen and oxygen atoms in total. The topological polar surface area (TPSA) is 42.0 Å². The number of hydrogen-bond donors (Lipinski definition) is 0. The number of carbonyl (C=O) groups is 1. The van der Waals surface area contributed by atoms with E-state index in [0.717, 1.165) is 32.7 Å². The molecule has 6 heteroatoms. The molecular formula is C24H44N2O3S. The molecular weight excluding hydrogens is 396 g/mol. The number of piperazine rings is 1. The summed E-state index contributed by atoms with van der Waals surface area (Å²) in [6.45, 7) is 17.1. The first kappa shape index (κ1) is 27.0. The van der Waals surface area contributed by atoms with Gasteiger partial charge in [0.2, 0.25) is 0 Å². The SMILES string of the molecule is CC.COC(=O)[C@H]([C@@H](C)OS(C)(C)C(C)(C)C)N1CCN(Cc2ccccc2)CC1. The van der Waals surface area contributed by atoms with Crippen LogP contribution < -0.4 is 0 Å². The minimum absolute atomic E-state index is 0.0519. The lowest BCUT2D eigenvalue weighted by atomic mass is 10.1. The monoisotopic (exact) mass is 440 g/mol. The maximum absolute atomic E-state index is 12.6. The Balaban J connectivity index is 0.00000218. The van der Waals surface area contributed by atoms with E-state index in [4.69, 9.17) is 8.92 Å². The van der Waals surface area contributed by atoms with Crippen molar-refractivity contribution in [3.8, 4) is 0 Å². The van der Waals surface area contributed by atoms with Crippen molar-refractivity contribution in [2.45, 2.75) is 65.0 Å². The van der Waals surface area contributed by atoms with Crippen molar-refractivity contribution in [3.63, 3.8) is 0 Å². The van der Waals surface area contributed by atoms with Gasteiger partial charge in [-0.1, -0.05) is 65.0 Å². The molecule has 1 aromatic rings. The third kappa shape index (κ3) is 7.56. The van der Waals surface area contributed by atoms with Crippen molar-refractivity contribution in [2.24, 2.45) is 0 Å². The molecule has 2 atom stereocenters. The summed E-state index contributed by atoms with van der Waals surface area (Å²) in [7, 11) is 0.149. The molecule has 0 N–H and O–H groups in total. The summed E-state index contributed by atoms with van der Waals surface area (Å²) in [5, 5.41) is 0. The van der Waals surface area contributed by atoms with Gasteiger partial charge in [0.1, 0.15) is 6.04 Å². The first-order valence-corrected chi connectivity index (χ1v) is 13.4. The van der Waals surface area contributed by atoms with Crippen LogP contribution in [0, 0.1) is 0 Å². The first-order chi connectivity index (χ1) is 14.0. The zero-order chi connectivity index (χ0) is 22.9. The Morgan fingerprint density at radius 2 is 1.60 bits per heavy atom. The number of rotatable bonds is 7. The Kier molecular flexibility index (Phi) is 10.9. The maximum atomic E-state index is 12.6. The normalized spacial score (nSPS) is 18.7. The molecule has 0 unspecified atom stereocenters. The first-order valence-electron chi connectivity index (χ1n) is 11.0. The average molecular weight is 441 g/mol. The molecule has 1 aromatic carbocycles. The second-order valence-electron chi connectivity index (χ2n) is 8.91. The molecule has 1 fully saturated rings. The molecule has 1 aliphatic heterocycles. The van der Waals surface area contributed by atoms with E-state index in [9.17, 15) is 4.79 Å². The lowest BCUT2D eigenvalue weighted by molar-refractivity contribution is -0.151. The molecule has 1 saturated heterocycles. The van der Waals surface area contributed by atoms with E-state index in [-0.39, 0.29) is 22.9 Å². The van der Waals surface area contributed by atoms with E-state index in [2.05, 4.69) is 67.3 Å². The Hall–Kier alpha value is -1.08. The van der Waals surface area contributed by atoms with Crippen molar-refractivity contribution >= 4 is 16.3 Å². The van der Waals surface area contributed by atoms with E-state index in [0.29, 0.717) is 0 Å². The highest BCUT2D eigenvalue weighted by molar-refractivity contribution is 8.29. The van der Waals surface area contributed by atoms with Gasteiger partial charge in [-0.25, -0.2) is 0 Å². The fourth-order valence-electron chi connectivity index (χ4n) is 3.38. The van der Waals surface area contributed by atoms with Crippen LogP contribution in [0.15, 0.2) is 30.3 Å². The van der Waals surface area contributed by atoms with Gasteiger partial charge in [-0.15, -0.1) is 10.3 Å². The lowest BCUT2D eigenvalue weighted by Gasteiger charge is -2.48. The molecule has 0 saturated carbocycles. The summed E-state index contributed by atoms with van der Waals surface area (Å²) < 4.78 is 11.7. The Morgan fingerprint density at radius 1 is 1.07 bits per heavy atom. The number of ether oxygens (including phenoxy) is 1. The van der Waals surface area contributed by atoms with Gasteiger partial charge in [-0.3, -0.25) is 14.6 Å². The fraction of sp³-hybridized carbons (Fsp3) is 0.708. The summed E-state index contributed by atoms with van der Waals surface area (Å²) >= 11 is 0. The van der Waals surface area contributed by atoms with Crippen LogP contribution in [0.5, 0.6) is 0 Å². The van der Waals surface area contributed by atoms with Gasteiger partial charge >= 0.3 is 5.97 Å². The number of nitrogens with zero attached hydrogens (tertiary/aromatic N) is 2. The summed E-state index contributed by atoms with van der Waals surface area (Å²) in [4.78, 5) is 17.3. The van der Waals surface area contributed by atoms with E-state index < -0.39 is 10.3 Å². The molecule has 2 rings (SSSR count). The molecule has 0 spiro atoms. The van der Waals surface area contributed by atoms with Crippen LogP contribution in [0.25, 0.3) is 0 Å². The molecule has 0 radical (unpaired) electrons. The molecule has 0 aliphatic carbocycles. The zero-order valence-electron chi connectivity index (χ0n) is 20.6. The third-order valence-corrected chi connectivity index (χ3v) is 9.54. The second kappa shape index (κ2) is 12.1. The van der Waals surface area contributed by atoms with Gasteiger partial charge in [0.25, 0.3) is 0 Å². The highest BCUT2D eigenvalue weighted by atomic mass is 32.3. The fourth-order valence-corrected chi connectivity index (χ4v) is 4.53. The molecule has 1 aliphatic rings. The Morgan fingerprint density at radius 3 is 2.07 bits per heavy atom. The largest absolute Gasteiger partial charge is 0.468 e. The predicted molar refractivity (Wildman–Crippen MR) is 130 cm³/mol. The smallest absolute Gasteiger partial charge is 0.325 e. The number of hydrogen-bond acceptors (Lipinski definition) is 5. The Labute approximate surface area is 186 Å². The van der Waals surface area contributed by atoms with Crippen LogP contribution in [0.1, 0.15) is 47.1 Å². The molecule has 30 heavy (non-hydrogen) atoms. The van der Waals surface area contributed by atoms with Crippen LogP contribution in [-0.4, -0.2) is 78.5 Å². The van der Waals surface area contributed by atoms with Crippen molar-refractivity contribution < 1.29 is 13.7 Å². The number of carbonyl (C=O) groups excluding carboxylic acids is 1. The zero-order valence-corrected chi connectivity index (χ0v) is 21.4. The van der Waals surface area contributed by atoms with Crippen LogP contribution in [0.3, 0.4) is 0 Å². The predicted octanol–water partition coefficient (Wildman–Crippen LogP) is 4.55. The van der Waals surface area contributed by atoms with E-state index in [1.807, 2.05) is 26.8 Å². The summed E-state index contributed by atoms with van der Waals surface area (Å²) in [6.07, 6.45) is 4.14. The van der Waals surface area contributed by atoms with Crippen molar-refractivity contribution in [1.82, 2.24) is 9.80 Å². The highest BCUT2D eigenvalue weighted by Gasteiger charge is 2.39. The van der Waals surface area contributed by atoms with Crippen molar-refractivity contribution in [2.75, 3.05) is 45.8 Å². The van der Waals surface area contributed by atoms with Gasteiger partial charge < -0.3 is 8.92 Å². The van der Waals surface area contributed by atoms with Crippen LogP contribution in [0.4, 0.5) is 0 Å². The van der Waals surface area contributed by atoms with Crippen LogP contribution in [0.2, 0.25) is 0 Å². The quantitative estimate of drug-likeness (QED) is 0.582. The molecule has 1 heterocycles. The van der Waals surface area contributed by atoms with Gasteiger partial charge in [0, 0.05) is 37.5 Å². The van der Waals surface area contributed by atoms with Crippen LogP contribution in [-0.2, 0) is 20.3 Å².